The van der Waals surface area contributed by atoms with E-state index in [1.165, 1.54) is 4.90 Å². The number of benzene rings is 7. The highest BCUT2D eigenvalue weighted by molar-refractivity contribution is 8.17. The molecule has 0 aromatic heterocycles. The van der Waals surface area contributed by atoms with Crippen molar-refractivity contribution in [1.29, 1.82) is 0 Å². The molecule has 0 aliphatic rings. The highest BCUT2D eigenvalue weighted by atomic mass is 32.2. The summed E-state index contributed by atoms with van der Waals surface area (Å²) in [6.07, 6.45) is 2.06. The van der Waals surface area contributed by atoms with Crippen LogP contribution in [0.3, 0.4) is 0 Å². The molecule has 14 heteroatoms. The van der Waals surface area contributed by atoms with Crippen LogP contribution in [-0.4, -0.2) is 60.2 Å². The molecule has 4 N–H and O–H groups in total. The molecule has 2 atom stereocenters. The van der Waals surface area contributed by atoms with Gasteiger partial charge >= 0.3 is 0 Å². The van der Waals surface area contributed by atoms with Crippen molar-refractivity contribution < 1.29 is 34.6 Å². The van der Waals surface area contributed by atoms with Crippen LogP contribution in [0.5, 0.6) is 40.2 Å². The lowest BCUT2D eigenvalue weighted by molar-refractivity contribution is 0.336. The zero-order chi connectivity index (χ0) is 43.8. The van der Waals surface area contributed by atoms with E-state index in [1.54, 1.807) is 119 Å². The summed E-state index contributed by atoms with van der Waals surface area (Å²) in [6.45, 7) is 1.36. The molecule has 2 unspecified atom stereocenters. The minimum absolute atomic E-state index is 0.00352. The van der Waals surface area contributed by atoms with E-state index in [4.69, 9.17) is 14.2 Å². The summed E-state index contributed by atoms with van der Waals surface area (Å²) in [5.74, 6) is 3.27. The number of phenolic OH excluding ortho intramolecular Hbond substituents is 4. The van der Waals surface area contributed by atoms with Crippen molar-refractivity contribution in [3.05, 3.63) is 170 Å². The van der Waals surface area contributed by atoms with Gasteiger partial charge in [-0.1, -0.05) is 11.8 Å². The largest absolute Gasteiger partial charge is 0.508 e. The van der Waals surface area contributed by atoms with E-state index in [2.05, 4.69) is 42.7 Å². The van der Waals surface area contributed by atoms with Crippen molar-refractivity contribution in [3.63, 3.8) is 0 Å². The molecule has 7 aromatic rings. The molecule has 0 saturated carbocycles. The lowest BCUT2D eigenvalue weighted by Gasteiger charge is -2.19. The van der Waals surface area contributed by atoms with Crippen LogP contribution in [0.2, 0.25) is 0 Å². The van der Waals surface area contributed by atoms with Crippen LogP contribution in [-0.2, 0) is 11.8 Å². The summed E-state index contributed by atoms with van der Waals surface area (Å²) in [5.41, 5.74) is 0. The van der Waals surface area contributed by atoms with Crippen molar-refractivity contribution in [3.8, 4) is 40.2 Å². The summed E-state index contributed by atoms with van der Waals surface area (Å²) >= 11 is 11.2. The SMILES string of the molecule is CSc1ccc(OCC(Sc2ccc(OCC(Sc3ccc(O)cc3)Sc3ccc(O)cc3)cc2)Sc2ccc(OCC(Sc3ccc(O)cc3)[SH+]c3ccc(O)cc3)cc2)cc1. The first kappa shape index (κ1) is 46.6. The fourth-order valence-electron chi connectivity index (χ4n) is 5.72. The van der Waals surface area contributed by atoms with Crippen LogP contribution in [0.4, 0.5) is 0 Å². The van der Waals surface area contributed by atoms with Crippen molar-refractivity contribution in [2.24, 2.45) is 0 Å². The number of aromatic hydroxyl groups is 4. The van der Waals surface area contributed by atoms with E-state index in [-0.39, 0.29) is 36.7 Å². The maximum absolute atomic E-state index is 9.80. The van der Waals surface area contributed by atoms with Gasteiger partial charge in [0.1, 0.15) is 60.1 Å². The standard InChI is InChI=1S/C49H44O7S7/c1-57-40-24-10-37(11-25-40)54-32-49(62-45-26-12-38(13-27-45)55-30-47(58-41-16-2-33(50)3-17-41)59-42-18-4-34(51)5-19-42)63-46-28-14-39(15-29-46)56-31-48(60-43-20-6-35(52)7-21-43)61-44-22-8-36(53)9-23-44/h2-29,47-53H,30-32H2,1H3/p+1. The van der Waals surface area contributed by atoms with E-state index >= 15 is 0 Å². The Morgan fingerprint density at radius 2 is 0.651 bits per heavy atom. The normalized spacial score (nSPS) is 12.2. The van der Waals surface area contributed by atoms with Crippen molar-refractivity contribution in [1.82, 2.24) is 0 Å². The first-order chi connectivity index (χ1) is 30.7. The zero-order valence-corrected chi connectivity index (χ0v) is 39.7. The molecule has 0 fully saturated rings. The molecule has 0 heterocycles. The van der Waals surface area contributed by atoms with Crippen LogP contribution < -0.4 is 14.2 Å². The Bertz CT molecular complexity index is 2180. The maximum atomic E-state index is 9.80. The van der Waals surface area contributed by atoms with Gasteiger partial charge in [-0.2, -0.15) is 0 Å². The Morgan fingerprint density at radius 1 is 0.365 bits per heavy atom. The van der Waals surface area contributed by atoms with E-state index in [9.17, 15) is 20.4 Å². The third-order valence-electron chi connectivity index (χ3n) is 8.87. The lowest BCUT2D eigenvalue weighted by Crippen LogP contribution is -2.16. The predicted octanol–water partition coefficient (Wildman–Crippen LogP) is 13.2. The second kappa shape index (κ2) is 24.0. The van der Waals surface area contributed by atoms with Crippen LogP contribution in [0.15, 0.2) is 204 Å². The average molecular weight is 970 g/mol. The minimum atomic E-state index is 0.00352. The van der Waals surface area contributed by atoms with Crippen LogP contribution in [0, 0.1) is 0 Å². The monoisotopic (exact) mass is 969 g/mol. The summed E-state index contributed by atoms with van der Waals surface area (Å²) < 4.78 is 19.1. The Labute approximate surface area is 398 Å². The molecule has 324 valence electrons. The molecule has 0 spiro atoms. The first-order valence-corrected chi connectivity index (χ1v) is 26.2. The van der Waals surface area contributed by atoms with Crippen LogP contribution >= 0.6 is 70.6 Å². The van der Waals surface area contributed by atoms with Gasteiger partial charge in [0.25, 0.3) is 0 Å². The summed E-state index contributed by atoms with van der Waals surface area (Å²) in [4.78, 5) is 7.49. The van der Waals surface area contributed by atoms with Crippen LogP contribution in [0.25, 0.3) is 0 Å². The quantitative estimate of drug-likeness (QED) is 0.0224. The van der Waals surface area contributed by atoms with Gasteiger partial charge in [0.15, 0.2) is 4.90 Å². The van der Waals surface area contributed by atoms with Gasteiger partial charge in [-0.15, -0.1) is 58.8 Å². The highest BCUT2D eigenvalue weighted by Crippen LogP contribution is 2.40. The molecule has 0 radical (unpaired) electrons. The summed E-state index contributed by atoms with van der Waals surface area (Å²) in [5, 5.41) is 39.2. The smallest absolute Gasteiger partial charge is 0.204 e. The van der Waals surface area contributed by atoms with Crippen LogP contribution in [0.1, 0.15) is 0 Å². The molecular weight excluding hydrogens is 925 g/mol. The molecule has 0 saturated heterocycles. The van der Waals surface area contributed by atoms with E-state index in [1.807, 2.05) is 84.9 Å². The Balaban J connectivity index is 0.989. The minimum Gasteiger partial charge on any atom is -0.508 e. The third kappa shape index (κ3) is 15.7. The average Bonchev–Trinajstić information content (AvgIpc) is 3.30. The van der Waals surface area contributed by atoms with Gasteiger partial charge < -0.3 is 34.6 Å². The number of hydrogen-bond donors (Lipinski definition) is 4. The fourth-order valence-corrected chi connectivity index (χ4v) is 13.3. The van der Waals surface area contributed by atoms with Gasteiger partial charge in [-0.25, -0.2) is 0 Å². The first-order valence-electron chi connectivity index (χ1n) is 19.6. The second-order valence-electron chi connectivity index (χ2n) is 13.6. The molecule has 0 aliphatic heterocycles. The molecule has 0 amide bonds. The van der Waals surface area contributed by atoms with E-state index in [0.29, 0.717) is 19.8 Å². The topological polar surface area (TPSA) is 109 Å². The lowest BCUT2D eigenvalue weighted by atomic mass is 10.3. The number of thiol groups is 1. The maximum Gasteiger partial charge on any atom is 0.204 e. The van der Waals surface area contributed by atoms with Crippen molar-refractivity contribution >= 4 is 82.3 Å². The molecule has 0 bridgehead atoms. The van der Waals surface area contributed by atoms with Gasteiger partial charge in [0, 0.05) is 41.1 Å². The zero-order valence-electron chi connectivity index (χ0n) is 33.9. The van der Waals surface area contributed by atoms with Gasteiger partial charge in [0.05, 0.1) is 9.16 Å². The summed E-state index contributed by atoms with van der Waals surface area (Å²) in [7, 11) is 0. The van der Waals surface area contributed by atoms with Gasteiger partial charge in [-0.05, 0) is 176 Å². The summed E-state index contributed by atoms with van der Waals surface area (Å²) in [6, 6.07) is 53.3. The predicted molar refractivity (Wildman–Crippen MR) is 268 cm³/mol. The third-order valence-corrected chi connectivity index (χ3v) is 17.2. The molecule has 7 aromatic carbocycles. The van der Waals surface area contributed by atoms with E-state index in [0.717, 1.165) is 58.4 Å². The molecule has 7 nitrogen and oxygen atoms in total. The Morgan fingerprint density at radius 3 is 1.00 bits per heavy atom. The van der Waals surface area contributed by atoms with E-state index < -0.39 is 0 Å². The number of hydrogen-bond acceptors (Lipinski definition) is 13. The molecular formula is C49H45O7S7+. The van der Waals surface area contributed by atoms with Crippen molar-refractivity contribution in [2.45, 2.75) is 48.0 Å². The second-order valence-corrected chi connectivity index (χ2v) is 23.2. The number of phenols is 4. The molecule has 63 heavy (non-hydrogen) atoms. The van der Waals surface area contributed by atoms with Crippen molar-refractivity contribution in [2.75, 3.05) is 26.1 Å². The number of thioether (sulfide) groups is 6. The highest BCUT2D eigenvalue weighted by Gasteiger charge is 2.22. The van der Waals surface area contributed by atoms with Gasteiger partial charge in [0.2, 0.25) is 4.58 Å². The number of ether oxygens (including phenoxy) is 3. The Hall–Kier alpha value is -4.41. The Kier molecular flexibility index (Phi) is 17.8. The number of rotatable bonds is 22. The van der Waals surface area contributed by atoms with Gasteiger partial charge in [-0.3, -0.25) is 0 Å². The fraction of sp³-hybridized carbons (Fsp3) is 0.143. The molecule has 0 aliphatic carbocycles. The molecule has 7 rings (SSSR count).